The Kier molecular flexibility index (Phi) is 11.9. The molecule has 0 N–H and O–H groups in total. The molecule has 19 aromatic rings. The highest BCUT2D eigenvalue weighted by atomic mass is 15.2. The van der Waals surface area contributed by atoms with Crippen LogP contribution in [0.15, 0.2) is 298 Å². The zero-order valence-corrected chi connectivity index (χ0v) is 50.1. The summed E-state index contributed by atoms with van der Waals surface area (Å²) in [5.41, 5.74) is 19.3. The van der Waals surface area contributed by atoms with Crippen LogP contribution in [0.3, 0.4) is 0 Å². The van der Waals surface area contributed by atoms with E-state index in [1.54, 1.807) is 0 Å². The zero-order chi connectivity index (χ0) is 61.8. The SMILES string of the molecule is c1ccc(-c2cc(-c3c(-c4nc(-c5ccccc5)nc(-c5ccccc5)n4)c(-n4c5ccccc5c5ncccc54)c(-n4c5ccccc5c5ncccc54)c(-n4c5ccccc5c5ncccc54)c3-n3c4ccccc4c4ncccc43)nc(-c3ccccc3)n2)cc1. The Bertz CT molecular complexity index is 5520. The summed E-state index contributed by atoms with van der Waals surface area (Å²) in [6.07, 6.45) is 7.52. The molecule has 13 heteroatoms. The van der Waals surface area contributed by atoms with Crippen LogP contribution in [0, 0.1) is 0 Å². The van der Waals surface area contributed by atoms with Crippen molar-refractivity contribution < 1.29 is 0 Å². The first-order valence-electron chi connectivity index (χ1n) is 31.2. The number of para-hydroxylation sites is 4. The number of fused-ring (bicyclic) bond motifs is 12. The lowest BCUT2D eigenvalue weighted by molar-refractivity contribution is 1.01. The molecule has 0 aliphatic heterocycles. The molecule has 0 aliphatic carbocycles. The lowest BCUT2D eigenvalue weighted by atomic mass is 9.93. The maximum absolute atomic E-state index is 5.99. The minimum atomic E-state index is 0.379. The van der Waals surface area contributed by atoms with E-state index in [-0.39, 0.29) is 0 Å². The van der Waals surface area contributed by atoms with Gasteiger partial charge in [0.15, 0.2) is 23.3 Å². The zero-order valence-electron chi connectivity index (χ0n) is 50.1. The summed E-state index contributed by atoms with van der Waals surface area (Å²) >= 11 is 0. The second-order valence-corrected chi connectivity index (χ2v) is 23.3. The third-order valence-corrected chi connectivity index (χ3v) is 18.0. The number of nitrogens with zero attached hydrogens (tertiary/aromatic N) is 13. The van der Waals surface area contributed by atoms with E-state index in [1.165, 1.54) is 0 Å². The van der Waals surface area contributed by atoms with Crippen LogP contribution in [0.4, 0.5) is 0 Å². The molecular formula is C81H49N13. The fourth-order valence-electron chi connectivity index (χ4n) is 14.1. The van der Waals surface area contributed by atoms with E-state index < -0.39 is 0 Å². The Morgan fingerprint density at radius 3 is 0.851 bits per heavy atom. The van der Waals surface area contributed by atoms with Crippen molar-refractivity contribution in [3.63, 3.8) is 0 Å². The van der Waals surface area contributed by atoms with E-state index in [9.17, 15) is 0 Å². The molecule has 0 unspecified atom stereocenters. The maximum Gasteiger partial charge on any atom is 0.167 e. The molecule has 0 aliphatic rings. The van der Waals surface area contributed by atoms with E-state index >= 15 is 0 Å². The lowest BCUT2D eigenvalue weighted by Gasteiger charge is -2.30. The first kappa shape index (κ1) is 52.8. The molecule has 0 saturated carbocycles. The highest BCUT2D eigenvalue weighted by molar-refractivity contribution is 6.17. The Hall–Kier alpha value is -13.1. The van der Waals surface area contributed by atoms with Crippen LogP contribution in [-0.4, -0.2) is 63.1 Å². The van der Waals surface area contributed by atoms with Gasteiger partial charge < -0.3 is 18.3 Å². The summed E-state index contributed by atoms with van der Waals surface area (Å²) in [6.45, 7) is 0. The van der Waals surface area contributed by atoms with E-state index in [0.717, 1.165) is 133 Å². The highest BCUT2D eigenvalue weighted by Gasteiger charge is 2.38. The molecule has 0 radical (unpaired) electrons. The molecule has 10 aromatic heterocycles. The molecule has 0 atom stereocenters. The van der Waals surface area contributed by atoms with Crippen molar-refractivity contribution in [2.45, 2.75) is 0 Å². The summed E-state index contributed by atoms with van der Waals surface area (Å²) in [5.74, 6) is 1.85. The first-order valence-corrected chi connectivity index (χ1v) is 31.2. The molecule has 19 rings (SSSR count). The molecule has 0 bridgehead atoms. The van der Waals surface area contributed by atoms with Gasteiger partial charge in [0.25, 0.3) is 0 Å². The number of pyridine rings is 4. The van der Waals surface area contributed by atoms with Crippen molar-refractivity contribution in [2.75, 3.05) is 0 Å². The van der Waals surface area contributed by atoms with Gasteiger partial charge in [0.2, 0.25) is 0 Å². The number of hydrogen-bond donors (Lipinski definition) is 0. The first-order chi connectivity index (χ1) is 46.7. The fourth-order valence-corrected chi connectivity index (χ4v) is 14.1. The summed E-state index contributed by atoms with van der Waals surface area (Å²) < 4.78 is 9.64. The minimum absolute atomic E-state index is 0.379. The van der Waals surface area contributed by atoms with Crippen LogP contribution in [0.5, 0.6) is 0 Å². The monoisotopic (exact) mass is 1200 g/mol. The van der Waals surface area contributed by atoms with Gasteiger partial charge in [0, 0.05) is 74.1 Å². The third-order valence-electron chi connectivity index (χ3n) is 18.0. The maximum atomic E-state index is 5.99. The average molecular weight is 1200 g/mol. The van der Waals surface area contributed by atoms with E-state index in [1.807, 2.05) is 110 Å². The van der Waals surface area contributed by atoms with Gasteiger partial charge >= 0.3 is 0 Å². The second-order valence-electron chi connectivity index (χ2n) is 23.3. The summed E-state index contributed by atoms with van der Waals surface area (Å²) in [7, 11) is 0. The van der Waals surface area contributed by atoms with E-state index in [0.29, 0.717) is 45.8 Å². The predicted molar refractivity (Wildman–Crippen MR) is 377 cm³/mol. The van der Waals surface area contributed by atoms with Crippen molar-refractivity contribution in [3.05, 3.63) is 298 Å². The molecule has 13 nitrogen and oxygen atoms in total. The molecule has 0 spiro atoms. The standard InChI is InChI=1S/C81H49N13/c1-5-25-50(26-6-1)58-49-59(87-78(86-58)51-27-7-2-8-28-51)68-69(81-89-79(52-29-9-3-10-30-52)88-80(90-81)53-31-11-4-12-32-53)75(92-61-38-18-14-34-55(61)71-65(92)42-22-46-83-71)77(94-63-40-20-16-36-57(63)73-67(94)44-24-48-85-73)76(93-62-39-19-15-35-56(62)72-66(93)43-23-47-84-72)74(68)91-60-37-17-13-33-54(60)70-64(91)41-21-45-82-70/h1-49H. The van der Waals surface area contributed by atoms with Crippen LogP contribution in [0.2, 0.25) is 0 Å². The van der Waals surface area contributed by atoms with Crippen LogP contribution in [-0.2, 0) is 0 Å². The van der Waals surface area contributed by atoms with E-state index in [4.69, 9.17) is 44.9 Å². The van der Waals surface area contributed by atoms with Crippen LogP contribution in [0.1, 0.15) is 0 Å². The fraction of sp³-hybridized carbons (Fsp3) is 0. The molecule has 9 aromatic carbocycles. The van der Waals surface area contributed by atoms with Crippen LogP contribution >= 0.6 is 0 Å². The predicted octanol–water partition coefficient (Wildman–Crippen LogP) is 18.6. The summed E-state index contributed by atoms with van der Waals surface area (Å²) in [4.78, 5) is 49.9. The smallest absolute Gasteiger partial charge is 0.167 e. The van der Waals surface area contributed by atoms with Gasteiger partial charge in [-0.05, 0) is 78.9 Å². The Morgan fingerprint density at radius 1 is 0.202 bits per heavy atom. The molecule has 10 heterocycles. The Balaban J connectivity index is 1.19. The Morgan fingerprint density at radius 2 is 0.479 bits per heavy atom. The topological polar surface area (TPSA) is 136 Å². The van der Waals surface area contributed by atoms with E-state index in [2.05, 4.69) is 206 Å². The van der Waals surface area contributed by atoms with Gasteiger partial charge in [0.1, 0.15) is 0 Å². The van der Waals surface area contributed by atoms with Crippen LogP contribution < -0.4 is 0 Å². The minimum Gasteiger partial charge on any atom is -0.305 e. The number of rotatable bonds is 10. The normalized spacial score (nSPS) is 11.8. The molecule has 0 amide bonds. The Labute approximate surface area is 536 Å². The van der Waals surface area contributed by atoms with Crippen molar-refractivity contribution in [3.8, 4) is 90.8 Å². The van der Waals surface area contributed by atoms with Crippen LogP contribution in [0.25, 0.3) is 179 Å². The molecule has 0 saturated heterocycles. The second kappa shape index (κ2) is 21.3. The van der Waals surface area contributed by atoms with Crippen molar-refractivity contribution in [1.29, 1.82) is 0 Å². The molecule has 438 valence electrons. The highest BCUT2D eigenvalue weighted by Crippen LogP contribution is 2.54. The summed E-state index contributed by atoms with van der Waals surface area (Å²) in [5, 5.41) is 3.83. The van der Waals surface area contributed by atoms with Crippen molar-refractivity contribution >= 4 is 87.7 Å². The van der Waals surface area contributed by atoms with Crippen molar-refractivity contribution in [2.24, 2.45) is 0 Å². The van der Waals surface area contributed by atoms with Gasteiger partial charge in [-0.3, -0.25) is 19.9 Å². The molecular weight excluding hydrogens is 1150 g/mol. The van der Waals surface area contributed by atoms with Gasteiger partial charge in [-0.2, -0.15) is 0 Å². The van der Waals surface area contributed by atoms with Gasteiger partial charge in [-0.1, -0.05) is 194 Å². The largest absolute Gasteiger partial charge is 0.305 e. The van der Waals surface area contributed by atoms with Crippen molar-refractivity contribution in [1.82, 2.24) is 63.1 Å². The number of benzene rings is 9. The average Bonchev–Trinajstić information content (AvgIpc) is 1.39. The van der Waals surface area contributed by atoms with Gasteiger partial charge in [-0.25, -0.2) is 24.9 Å². The van der Waals surface area contributed by atoms with Gasteiger partial charge in [0.05, 0.1) is 106 Å². The molecule has 0 fully saturated rings. The quantitative estimate of drug-likeness (QED) is 0.131. The third kappa shape index (κ3) is 8.11. The molecule has 94 heavy (non-hydrogen) atoms. The van der Waals surface area contributed by atoms with Gasteiger partial charge in [-0.15, -0.1) is 0 Å². The number of aromatic nitrogens is 13. The summed E-state index contributed by atoms with van der Waals surface area (Å²) in [6, 6.07) is 94.2. The number of hydrogen-bond acceptors (Lipinski definition) is 9. The lowest BCUT2D eigenvalue weighted by Crippen LogP contribution is -2.17.